The fraction of sp³-hybridized carbons (Fsp3) is 0.444. The van der Waals surface area contributed by atoms with Crippen LogP contribution in [0.2, 0.25) is 0 Å². The van der Waals surface area contributed by atoms with Gasteiger partial charge in [-0.25, -0.2) is 4.31 Å². The molecule has 0 spiro atoms. The lowest BCUT2D eigenvalue weighted by Crippen LogP contribution is -2.50. The van der Waals surface area contributed by atoms with Crippen molar-refractivity contribution in [3.63, 3.8) is 0 Å². The molecule has 1 aromatic carbocycles. The highest BCUT2D eigenvalue weighted by Gasteiger charge is 2.33. The molecule has 3 rings (SSSR count). The van der Waals surface area contributed by atoms with Crippen LogP contribution in [0.25, 0.3) is 0 Å². The molecular formula is C18H24N4O4S. The summed E-state index contributed by atoms with van der Waals surface area (Å²) in [6.07, 6.45) is 1.53. The normalized spacial score (nSPS) is 20.1. The molecule has 1 aromatic rings. The van der Waals surface area contributed by atoms with Crippen LogP contribution in [0.15, 0.2) is 40.4 Å². The molecule has 0 N–H and O–H groups in total. The van der Waals surface area contributed by atoms with Crippen LogP contribution >= 0.6 is 0 Å². The zero-order chi connectivity index (χ0) is 19.6. The number of carbonyl (C=O) groups excluding carboxylic acids is 1. The standard InChI is InChI=1S/C18H24N4O4S/c1-4-21-8-10-22(11-9-21)18(23)17-13-16(19-27(24,25)20(17)2)14-6-5-7-15(12-14)26-3/h5-7,12-13H,4,8-11H2,1-3H3. The molecule has 0 aliphatic carbocycles. The number of nitrogens with zero attached hydrogens (tertiary/aromatic N) is 4. The minimum Gasteiger partial charge on any atom is -0.497 e. The number of piperazine rings is 1. The van der Waals surface area contributed by atoms with Gasteiger partial charge in [0.05, 0.1) is 12.8 Å². The van der Waals surface area contributed by atoms with Crippen molar-refractivity contribution in [1.82, 2.24) is 14.1 Å². The Morgan fingerprint density at radius 3 is 2.56 bits per heavy atom. The van der Waals surface area contributed by atoms with E-state index < -0.39 is 10.2 Å². The van der Waals surface area contributed by atoms with Gasteiger partial charge in [-0.2, -0.15) is 8.42 Å². The van der Waals surface area contributed by atoms with Gasteiger partial charge >= 0.3 is 10.2 Å². The Kier molecular flexibility index (Phi) is 5.52. The highest BCUT2D eigenvalue weighted by Crippen LogP contribution is 2.23. The van der Waals surface area contributed by atoms with Gasteiger partial charge in [0.25, 0.3) is 5.91 Å². The molecule has 9 heteroatoms. The minimum atomic E-state index is -3.97. The number of benzene rings is 1. The van der Waals surface area contributed by atoms with Gasteiger partial charge in [-0.1, -0.05) is 19.1 Å². The first-order valence-electron chi connectivity index (χ1n) is 8.82. The number of likely N-dealkylation sites (N-methyl/N-ethyl adjacent to an activating group) is 2. The van der Waals surface area contributed by atoms with Crippen LogP contribution in [0, 0.1) is 0 Å². The van der Waals surface area contributed by atoms with Gasteiger partial charge in [-0.15, -0.1) is 4.40 Å². The Hall–Kier alpha value is -2.39. The lowest BCUT2D eigenvalue weighted by Gasteiger charge is -2.36. The number of ether oxygens (including phenoxy) is 1. The zero-order valence-electron chi connectivity index (χ0n) is 15.8. The highest BCUT2D eigenvalue weighted by atomic mass is 32.2. The van der Waals surface area contributed by atoms with E-state index in [1.165, 1.54) is 20.2 Å². The van der Waals surface area contributed by atoms with E-state index in [0.717, 1.165) is 23.9 Å². The van der Waals surface area contributed by atoms with E-state index in [1.54, 1.807) is 29.2 Å². The van der Waals surface area contributed by atoms with Crippen molar-refractivity contribution in [2.45, 2.75) is 6.92 Å². The third-order valence-corrected chi connectivity index (χ3v) is 6.18. The van der Waals surface area contributed by atoms with Gasteiger partial charge in [-0.05, 0) is 24.8 Å². The third-order valence-electron chi connectivity index (χ3n) is 4.86. The van der Waals surface area contributed by atoms with Crippen LogP contribution < -0.4 is 4.74 Å². The average Bonchev–Trinajstić information content (AvgIpc) is 2.69. The quantitative estimate of drug-likeness (QED) is 0.754. The second kappa shape index (κ2) is 7.69. The summed E-state index contributed by atoms with van der Waals surface area (Å²) in [5.41, 5.74) is 0.905. The van der Waals surface area contributed by atoms with Crippen molar-refractivity contribution in [1.29, 1.82) is 0 Å². The fourth-order valence-corrected chi connectivity index (χ4v) is 4.01. The Morgan fingerprint density at radius 2 is 1.93 bits per heavy atom. The van der Waals surface area contributed by atoms with E-state index in [2.05, 4.69) is 16.2 Å². The molecular weight excluding hydrogens is 368 g/mol. The molecule has 1 fully saturated rings. The van der Waals surface area contributed by atoms with Crippen LogP contribution in [0.1, 0.15) is 12.5 Å². The number of amides is 1. The van der Waals surface area contributed by atoms with E-state index >= 15 is 0 Å². The lowest BCUT2D eigenvalue weighted by molar-refractivity contribution is -0.129. The van der Waals surface area contributed by atoms with Crippen molar-refractivity contribution >= 4 is 21.8 Å². The molecule has 27 heavy (non-hydrogen) atoms. The summed E-state index contributed by atoms with van der Waals surface area (Å²) in [6.45, 7) is 5.72. The summed E-state index contributed by atoms with van der Waals surface area (Å²) in [6, 6.07) is 6.94. The van der Waals surface area contributed by atoms with E-state index in [0.29, 0.717) is 24.4 Å². The van der Waals surface area contributed by atoms with Gasteiger partial charge in [0.1, 0.15) is 11.4 Å². The maximum Gasteiger partial charge on any atom is 0.345 e. The Labute approximate surface area is 159 Å². The molecule has 146 valence electrons. The van der Waals surface area contributed by atoms with Crippen molar-refractivity contribution in [3.8, 4) is 5.75 Å². The van der Waals surface area contributed by atoms with Gasteiger partial charge < -0.3 is 14.5 Å². The SMILES string of the molecule is CCN1CCN(C(=O)C2=CC(c3cccc(OC)c3)=NS(=O)(=O)N2C)CC1. The Bertz CT molecular complexity index is 886. The van der Waals surface area contributed by atoms with Gasteiger partial charge in [-0.3, -0.25) is 4.79 Å². The summed E-state index contributed by atoms with van der Waals surface area (Å²) in [5.74, 6) is 0.288. The average molecular weight is 392 g/mol. The largest absolute Gasteiger partial charge is 0.497 e. The van der Waals surface area contributed by atoms with Gasteiger partial charge in [0.15, 0.2) is 0 Å². The van der Waals surface area contributed by atoms with Crippen molar-refractivity contribution in [2.75, 3.05) is 46.9 Å². The third kappa shape index (κ3) is 3.98. The number of allylic oxidation sites excluding steroid dienone is 1. The van der Waals surface area contributed by atoms with Crippen LogP contribution in [0.3, 0.4) is 0 Å². The maximum atomic E-state index is 13.0. The summed E-state index contributed by atoms with van der Waals surface area (Å²) in [4.78, 5) is 16.9. The molecule has 1 saturated heterocycles. The number of rotatable bonds is 4. The predicted octanol–water partition coefficient (Wildman–Crippen LogP) is 0.723. The Morgan fingerprint density at radius 1 is 1.22 bits per heavy atom. The molecule has 8 nitrogen and oxygen atoms in total. The smallest absolute Gasteiger partial charge is 0.345 e. The minimum absolute atomic E-state index is 0.104. The van der Waals surface area contributed by atoms with Crippen LogP contribution in [0.4, 0.5) is 0 Å². The number of methoxy groups -OCH3 is 1. The molecule has 0 unspecified atom stereocenters. The van der Waals surface area contributed by atoms with Crippen LogP contribution in [0.5, 0.6) is 5.75 Å². The molecule has 2 heterocycles. The summed E-state index contributed by atoms with van der Waals surface area (Å²) in [5, 5.41) is 0. The second-order valence-electron chi connectivity index (χ2n) is 6.41. The van der Waals surface area contributed by atoms with Crippen molar-refractivity contribution < 1.29 is 17.9 Å². The second-order valence-corrected chi connectivity index (χ2v) is 8.04. The number of carbonyl (C=O) groups is 1. The molecule has 0 bridgehead atoms. The lowest BCUT2D eigenvalue weighted by atomic mass is 10.1. The monoisotopic (exact) mass is 392 g/mol. The summed E-state index contributed by atoms with van der Waals surface area (Å²) in [7, 11) is -1.08. The van der Waals surface area contributed by atoms with Crippen LogP contribution in [-0.4, -0.2) is 81.0 Å². The molecule has 2 aliphatic heterocycles. The molecule has 0 aromatic heterocycles. The first kappa shape index (κ1) is 19.4. The van der Waals surface area contributed by atoms with E-state index in [1.807, 2.05) is 0 Å². The highest BCUT2D eigenvalue weighted by molar-refractivity contribution is 7.88. The molecule has 0 atom stereocenters. The van der Waals surface area contributed by atoms with Gasteiger partial charge in [0, 0.05) is 38.8 Å². The molecule has 1 amide bonds. The topological polar surface area (TPSA) is 82.5 Å². The van der Waals surface area contributed by atoms with Crippen molar-refractivity contribution in [3.05, 3.63) is 41.6 Å². The maximum absolute atomic E-state index is 13.0. The van der Waals surface area contributed by atoms with Crippen molar-refractivity contribution in [2.24, 2.45) is 4.40 Å². The molecule has 0 radical (unpaired) electrons. The summed E-state index contributed by atoms with van der Waals surface area (Å²) < 4.78 is 35.0. The predicted molar refractivity (Wildman–Crippen MR) is 103 cm³/mol. The number of hydrogen-bond acceptors (Lipinski definition) is 5. The van der Waals surface area contributed by atoms with Gasteiger partial charge in [0.2, 0.25) is 0 Å². The van der Waals surface area contributed by atoms with Crippen LogP contribution in [-0.2, 0) is 15.0 Å². The summed E-state index contributed by atoms with van der Waals surface area (Å²) >= 11 is 0. The first-order valence-corrected chi connectivity index (χ1v) is 10.2. The molecule has 0 saturated carbocycles. The van der Waals surface area contributed by atoms with E-state index in [4.69, 9.17) is 4.74 Å². The van der Waals surface area contributed by atoms with E-state index in [9.17, 15) is 13.2 Å². The Balaban J connectivity index is 1.92. The van der Waals surface area contributed by atoms with E-state index in [-0.39, 0.29) is 17.3 Å². The zero-order valence-corrected chi connectivity index (χ0v) is 16.6. The first-order chi connectivity index (χ1) is 12.9. The molecule has 2 aliphatic rings. The fourth-order valence-electron chi connectivity index (χ4n) is 3.10. The number of hydrogen-bond donors (Lipinski definition) is 0.